The third-order valence-electron chi connectivity index (χ3n) is 8.44. The van der Waals surface area contributed by atoms with Crippen LogP contribution in [0.1, 0.15) is 0 Å². The van der Waals surface area contributed by atoms with E-state index in [-0.39, 0.29) is 0 Å². The van der Waals surface area contributed by atoms with Crippen molar-refractivity contribution in [3.63, 3.8) is 0 Å². The maximum absolute atomic E-state index is 6.54. The number of rotatable bonds is 4. The molecular weight excluding hydrogens is 543 g/mol. The number of hydrogen-bond acceptors (Lipinski definition) is 3. The Bertz CT molecular complexity index is 2450. The topological polar surface area (TPSA) is 16.4 Å². The summed E-state index contributed by atoms with van der Waals surface area (Å²) >= 11 is 1.86. The van der Waals surface area contributed by atoms with Gasteiger partial charge in [0.1, 0.15) is 11.2 Å². The number of thiophene rings is 1. The molecule has 43 heavy (non-hydrogen) atoms. The largest absolute Gasteiger partial charge is 0.455 e. The van der Waals surface area contributed by atoms with Gasteiger partial charge in [-0.1, -0.05) is 97.1 Å². The molecule has 0 bridgehead atoms. The Morgan fingerprint density at radius 3 is 1.98 bits per heavy atom. The fourth-order valence-corrected chi connectivity index (χ4v) is 7.51. The molecule has 0 saturated heterocycles. The fourth-order valence-electron chi connectivity index (χ4n) is 6.43. The quantitative estimate of drug-likeness (QED) is 0.210. The SMILES string of the molecule is c1ccc(N(c2ccc(-c3ccc4sc5ccccc5c4c3)cc2)c2cc3ccccc3c3oc4ccccc4c23)cc1. The second-order valence-corrected chi connectivity index (χ2v) is 12.0. The van der Waals surface area contributed by atoms with Crippen molar-refractivity contribution in [2.45, 2.75) is 0 Å². The number of hydrogen-bond donors (Lipinski definition) is 0. The van der Waals surface area contributed by atoms with Crippen LogP contribution in [0.2, 0.25) is 0 Å². The number of fused-ring (bicyclic) bond motifs is 8. The van der Waals surface area contributed by atoms with E-state index in [0.29, 0.717) is 0 Å². The second-order valence-electron chi connectivity index (χ2n) is 10.9. The number of benzene rings is 7. The van der Waals surface area contributed by atoms with Crippen LogP contribution in [0.15, 0.2) is 156 Å². The average Bonchev–Trinajstić information content (AvgIpc) is 3.65. The maximum Gasteiger partial charge on any atom is 0.145 e. The molecule has 0 spiro atoms. The van der Waals surface area contributed by atoms with Crippen LogP contribution in [0.4, 0.5) is 17.1 Å². The molecule has 2 nitrogen and oxygen atoms in total. The van der Waals surface area contributed by atoms with Gasteiger partial charge in [0.15, 0.2) is 0 Å². The van der Waals surface area contributed by atoms with E-state index >= 15 is 0 Å². The molecule has 0 atom stereocenters. The van der Waals surface area contributed by atoms with E-state index in [1.54, 1.807) is 0 Å². The van der Waals surface area contributed by atoms with Crippen molar-refractivity contribution in [3.8, 4) is 11.1 Å². The summed E-state index contributed by atoms with van der Waals surface area (Å²) in [6.45, 7) is 0. The van der Waals surface area contributed by atoms with Gasteiger partial charge in [0.05, 0.1) is 11.1 Å². The summed E-state index contributed by atoms with van der Waals surface area (Å²) < 4.78 is 9.19. The zero-order valence-corrected chi connectivity index (χ0v) is 24.0. The molecular formula is C40H25NOS. The number of anilines is 3. The Morgan fingerprint density at radius 2 is 1.12 bits per heavy atom. The van der Waals surface area contributed by atoms with Crippen LogP contribution in [-0.2, 0) is 0 Å². The Kier molecular flexibility index (Phi) is 5.40. The van der Waals surface area contributed by atoms with Crippen molar-refractivity contribution in [2.75, 3.05) is 4.90 Å². The first kappa shape index (κ1) is 24.2. The molecule has 0 aliphatic carbocycles. The van der Waals surface area contributed by atoms with Gasteiger partial charge in [-0.25, -0.2) is 0 Å². The van der Waals surface area contributed by atoms with E-state index in [9.17, 15) is 0 Å². The van der Waals surface area contributed by atoms with E-state index in [0.717, 1.165) is 49.8 Å². The molecule has 202 valence electrons. The molecule has 3 heteroatoms. The van der Waals surface area contributed by atoms with Gasteiger partial charge < -0.3 is 9.32 Å². The maximum atomic E-state index is 6.54. The highest BCUT2D eigenvalue weighted by Crippen LogP contribution is 2.46. The molecule has 9 rings (SSSR count). The van der Waals surface area contributed by atoms with Gasteiger partial charge in [0.2, 0.25) is 0 Å². The number of para-hydroxylation sites is 2. The zero-order valence-electron chi connectivity index (χ0n) is 23.2. The standard InChI is InChI=1S/C40H25NOS/c1-2-11-29(12-3-1)41(35-25-28-10-4-5-13-31(28)40-39(35)33-15-6-8-16-36(33)42-40)30-21-18-26(19-22-30)27-20-23-38-34(24-27)32-14-7-9-17-37(32)43-38/h1-25H. The van der Waals surface area contributed by atoms with E-state index in [1.807, 2.05) is 17.4 Å². The van der Waals surface area contributed by atoms with Crippen LogP contribution in [0.25, 0.3) is 64.0 Å². The van der Waals surface area contributed by atoms with Crippen molar-refractivity contribution in [2.24, 2.45) is 0 Å². The molecule has 2 heterocycles. The van der Waals surface area contributed by atoms with Crippen LogP contribution >= 0.6 is 11.3 Å². The van der Waals surface area contributed by atoms with Gasteiger partial charge in [0.25, 0.3) is 0 Å². The molecule has 0 unspecified atom stereocenters. The average molecular weight is 568 g/mol. The van der Waals surface area contributed by atoms with Gasteiger partial charge in [0, 0.05) is 42.3 Å². The predicted molar refractivity (Wildman–Crippen MR) is 184 cm³/mol. The summed E-state index contributed by atoms with van der Waals surface area (Å²) in [7, 11) is 0. The summed E-state index contributed by atoms with van der Waals surface area (Å²) in [4.78, 5) is 2.36. The van der Waals surface area contributed by atoms with Crippen LogP contribution in [-0.4, -0.2) is 0 Å². The summed E-state index contributed by atoms with van der Waals surface area (Å²) in [5.74, 6) is 0. The van der Waals surface area contributed by atoms with E-state index < -0.39 is 0 Å². The minimum absolute atomic E-state index is 0.898. The molecule has 0 N–H and O–H groups in total. The van der Waals surface area contributed by atoms with Crippen molar-refractivity contribution in [1.82, 2.24) is 0 Å². The fraction of sp³-hybridized carbons (Fsp3) is 0. The third-order valence-corrected chi connectivity index (χ3v) is 9.59. The lowest BCUT2D eigenvalue weighted by Gasteiger charge is -2.27. The Hall–Kier alpha value is -5.38. The van der Waals surface area contributed by atoms with Crippen LogP contribution in [0, 0.1) is 0 Å². The normalized spacial score (nSPS) is 11.7. The molecule has 7 aromatic carbocycles. The monoisotopic (exact) mass is 567 g/mol. The predicted octanol–water partition coefficient (Wildman–Crippen LogP) is 12.2. The lowest BCUT2D eigenvalue weighted by Crippen LogP contribution is -2.10. The smallest absolute Gasteiger partial charge is 0.145 e. The molecule has 0 saturated carbocycles. The molecule has 2 aromatic heterocycles. The third kappa shape index (κ3) is 3.86. The van der Waals surface area contributed by atoms with Crippen molar-refractivity contribution >= 4 is 81.3 Å². The lowest BCUT2D eigenvalue weighted by atomic mass is 10.0. The summed E-state index contributed by atoms with van der Waals surface area (Å²) in [6.07, 6.45) is 0. The van der Waals surface area contributed by atoms with Gasteiger partial charge in [-0.3, -0.25) is 0 Å². The van der Waals surface area contributed by atoms with Crippen molar-refractivity contribution in [1.29, 1.82) is 0 Å². The summed E-state index contributed by atoms with van der Waals surface area (Å²) in [6, 6.07) is 54.2. The van der Waals surface area contributed by atoms with Crippen molar-refractivity contribution < 1.29 is 4.42 Å². The first-order chi connectivity index (χ1) is 21.3. The highest BCUT2D eigenvalue weighted by Gasteiger charge is 2.21. The van der Waals surface area contributed by atoms with Gasteiger partial charge >= 0.3 is 0 Å². The summed E-state index contributed by atoms with van der Waals surface area (Å²) in [5, 5.41) is 7.15. The first-order valence-electron chi connectivity index (χ1n) is 14.5. The zero-order chi connectivity index (χ0) is 28.3. The van der Waals surface area contributed by atoms with Crippen LogP contribution in [0.3, 0.4) is 0 Å². The molecule has 0 amide bonds. The Labute approximate surface area is 252 Å². The molecule has 0 aliphatic heterocycles. The Morgan fingerprint density at radius 1 is 0.465 bits per heavy atom. The lowest BCUT2D eigenvalue weighted by molar-refractivity contribution is 0.672. The van der Waals surface area contributed by atoms with Gasteiger partial charge in [-0.15, -0.1) is 11.3 Å². The minimum atomic E-state index is 0.898. The highest BCUT2D eigenvalue weighted by atomic mass is 32.1. The van der Waals surface area contributed by atoms with Gasteiger partial charge in [-0.2, -0.15) is 0 Å². The Balaban J connectivity index is 1.24. The summed E-state index contributed by atoms with van der Waals surface area (Å²) in [5.41, 5.74) is 7.54. The van der Waals surface area contributed by atoms with E-state index in [4.69, 9.17) is 4.42 Å². The number of nitrogens with zero attached hydrogens (tertiary/aromatic N) is 1. The molecule has 0 aliphatic rings. The number of furan rings is 1. The second kappa shape index (κ2) is 9.59. The van der Waals surface area contributed by atoms with Crippen LogP contribution < -0.4 is 4.90 Å². The molecule has 0 fully saturated rings. The highest BCUT2D eigenvalue weighted by molar-refractivity contribution is 7.25. The van der Waals surface area contributed by atoms with E-state index in [2.05, 4.69) is 150 Å². The van der Waals surface area contributed by atoms with Gasteiger partial charge in [-0.05, 0) is 71.1 Å². The van der Waals surface area contributed by atoms with Crippen LogP contribution in [0.5, 0.6) is 0 Å². The van der Waals surface area contributed by atoms with E-state index in [1.165, 1.54) is 31.3 Å². The molecule has 9 aromatic rings. The van der Waals surface area contributed by atoms with Crippen molar-refractivity contribution in [3.05, 3.63) is 152 Å². The molecule has 0 radical (unpaired) electrons. The minimum Gasteiger partial charge on any atom is -0.455 e. The first-order valence-corrected chi connectivity index (χ1v) is 15.3.